The van der Waals surface area contributed by atoms with Crippen LogP contribution in [0.25, 0.3) is 0 Å². The minimum absolute atomic E-state index is 0.140. The van der Waals surface area contributed by atoms with Crippen molar-refractivity contribution in [1.82, 2.24) is 21.0 Å². The fraction of sp³-hybridized carbons (Fsp3) is 0.667. The second kappa shape index (κ2) is 15.0. The third-order valence-corrected chi connectivity index (χ3v) is 6.71. The summed E-state index contributed by atoms with van der Waals surface area (Å²) in [5.74, 6) is 0.606. The number of ether oxygens (including phenoxy) is 1. The van der Waals surface area contributed by atoms with Crippen LogP contribution in [0.3, 0.4) is 0 Å². The number of nitrogens with one attached hydrogen (secondary N) is 3. The number of halogens is 1. The molecule has 0 radical (unpaired) electrons. The minimum Gasteiger partial charge on any atom is -0.465 e. The molecule has 0 saturated carbocycles. The monoisotopic (exact) mass is 498 g/mol. The Labute approximate surface area is 207 Å². The number of carbonyl (C=O) groups excluding carboxylic acids is 1. The highest BCUT2D eigenvalue weighted by atomic mass is 35.5. The Hall–Kier alpha value is -2.07. The van der Waals surface area contributed by atoms with E-state index in [2.05, 4.69) is 16.1 Å². The zero-order chi connectivity index (χ0) is 24.9. The van der Waals surface area contributed by atoms with Gasteiger partial charge in [-0.2, -0.15) is 0 Å². The second-order valence-electron chi connectivity index (χ2n) is 9.08. The molecule has 1 aliphatic rings. The van der Waals surface area contributed by atoms with Crippen molar-refractivity contribution in [2.45, 2.75) is 57.4 Å². The van der Waals surface area contributed by atoms with E-state index in [4.69, 9.17) is 21.4 Å². The Balaban J connectivity index is 1.94. The van der Waals surface area contributed by atoms with Crippen LogP contribution < -0.4 is 16.1 Å². The van der Waals surface area contributed by atoms with E-state index in [1.165, 1.54) is 0 Å². The Kier molecular flexibility index (Phi) is 12.5. The van der Waals surface area contributed by atoms with Gasteiger partial charge >= 0.3 is 12.1 Å². The first kappa shape index (κ1) is 28.2. The molecule has 1 aromatic rings. The first-order valence-corrected chi connectivity index (χ1v) is 12.4. The standard InChI is InChI=1S/C24H39ClN4O5/c1-17-5-6-20(25)15-22(17)19(4-3-10-26-24(31)32)7-11-29(2)23(30)28-21(16-27-33)14-18-8-12-34-13-9-18/h5-6,15,18-19,21,26-27,33H,3-4,7-14,16H2,1-2H3,(H,28,30)(H,31,32). The molecule has 1 heterocycles. The zero-order valence-electron chi connectivity index (χ0n) is 20.2. The predicted molar refractivity (Wildman–Crippen MR) is 132 cm³/mol. The molecule has 1 aliphatic heterocycles. The van der Waals surface area contributed by atoms with Crippen LogP contribution in [-0.2, 0) is 4.74 Å². The van der Waals surface area contributed by atoms with Gasteiger partial charge in [-0.3, -0.25) is 0 Å². The molecule has 1 fully saturated rings. The first-order valence-electron chi connectivity index (χ1n) is 12.0. The van der Waals surface area contributed by atoms with Crippen LogP contribution in [0.2, 0.25) is 5.02 Å². The third-order valence-electron chi connectivity index (χ3n) is 6.47. The number of hydroxylamine groups is 1. The summed E-state index contributed by atoms with van der Waals surface area (Å²) in [6.45, 7) is 4.72. The quantitative estimate of drug-likeness (QED) is 0.207. The van der Waals surface area contributed by atoms with E-state index in [-0.39, 0.29) is 24.5 Å². The lowest BCUT2D eigenvalue weighted by atomic mass is 9.88. The molecule has 5 N–H and O–H groups in total. The summed E-state index contributed by atoms with van der Waals surface area (Å²) < 4.78 is 5.41. The third kappa shape index (κ3) is 10.0. The molecule has 0 aliphatic carbocycles. The van der Waals surface area contributed by atoms with E-state index < -0.39 is 6.09 Å². The van der Waals surface area contributed by atoms with Gasteiger partial charge in [-0.1, -0.05) is 17.7 Å². The molecule has 2 unspecified atom stereocenters. The van der Waals surface area contributed by atoms with Crippen molar-refractivity contribution in [3.8, 4) is 0 Å². The summed E-state index contributed by atoms with van der Waals surface area (Å²) >= 11 is 6.25. The number of nitrogens with zero attached hydrogens (tertiary/aromatic N) is 1. The highest BCUT2D eigenvalue weighted by Gasteiger charge is 2.23. The van der Waals surface area contributed by atoms with Crippen LogP contribution in [0.5, 0.6) is 0 Å². The van der Waals surface area contributed by atoms with Gasteiger partial charge in [0.25, 0.3) is 0 Å². The van der Waals surface area contributed by atoms with E-state index in [0.717, 1.165) is 56.4 Å². The topological polar surface area (TPSA) is 123 Å². The highest BCUT2D eigenvalue weighted by Crippen LogP contribution is 2.30. The zero-order valence-corrected chi connectivity index (χ0v) is 20.9. The number of rotatable bonds is 13. The summed E-state index contributed by atoms with van der Waals surface area (Å²) in [6.07, 6.45) is 3.88. The maximum Gasteiger partial charge on any atom is 0.404 e. The van der Waals surface area contributed by atoms with Crippen LogP contribution in [-0.4, -0.2) is 73.3 Å². The summed E-state index contributed by atoms with van der Waals surface area (Å²) in [5, 5.41) is 24.1. The Morgan fingerprint density at radius 2 is 2.00 bits per heavy atom. The van der Waals surface area contributed by atoms with Crippen LogP contribution in [0, 0.1) is 12.8 Å². The average Bonchev–Trinajstić information content (AvgIpc) is 2.80. The number of hydrogen-bond donors (Lipinski definition) is 5. The highest BCUT2D eigenvalue weighted by molar-refractivity contribution is 6.30. The van der Waals surface area contributed by atoms with Crippen molar-refractivity contribution in [2.24, 2.45) is 5.92 Å². The van der Waals surface area contributed by atoms with Gasteiger partial charge in [-0.15, -0.1) is 0 Å². The molecular weight excluding hydrogens is 460 g/mol. The van der Waals surface area contributed by atoms with Gasteiger partial charge in [0.05, 0.1) is 0 Å². The number of benzene rings is 1. The van der Waals surface area contributed by atoms with E-state index in [1.807, 2.05) is 25.1 Å². The van der Waals surface area contributed by atoms with Gasteiger partial charge in [-0.05, 0) is 80.5 Å². The van der Waals surface area contributed by atoms with Gasteiger partial charge in [0.15, 0.2) is 0 Å². The van der Waals surface area contributed by atoms with E-state index >= 15 is 0 Å². The molecule has 10 heteroatoms. The molecule has 9 nitrogen and oxygen atoms in total. The van der Waals surface area contributed by atoms with Crippen LogP contribution in [0.15, 0.2) is 18.2 Å². The molecule has 192 valence electrons. The van der Waals surface area contributed by atoms with Gasteiger partial charge in [0.2, 0.25) is 0 Å². The summed E-state index contributed by atoms with van der Waals surface area (Å²) in [6, 6.07) is 5.46. The number of urea groups is 1. The average molecular weight is 499 g/mol. The molecular formula is C24H39ClN4O5. The molecule has 0 bridgehead atoms. The first-order chi connectivity index (χ1) is 16.3. The minimum atomic E-state index is -1.03. The number of hydrogen-bond acceptors (Lipinski definition) is 5. The fourth-order valence-electron chi connectivity index (χ4n) is 4.47. The van der Waals surface area contributed by atoms with E-state index in [0.29, 0.717) is 30.5 Å². The Bertz CT molecular complexity index is 776. The molecule has 1 aromatic carbocycles. The van der Waals surface area contributed by atoms with Crippen molar-refractivity contribution >= 4 is 23.7 Å². The number of aryl methyl sites for hydroxylation is 1. The summed E-state index contributed by atoms with van der Waals surface area (Å²) in [7, 11) is 1.76. The van der Waals surface area contributed by atoms with Crippen LogP contribution >= 0.6 is 11.6 Å². The van der Waals surface area contributed by atoms with E-state index in [1.54, 1.807) is 11.9 Å². The molecule has 0 aromatic heterocycles. The van der Waals surface area contributed by atoms with E-state index in [9.17, 15) is 14.8 Å². The Morgan fingerprint density at radius 3 is 2.68 bits per heavy atom. The molecule has 0 spiro atoms. The van der Waals surface area contributed by atoms with Gasteiger partial charge in [0.1, 0.15) is 0 Å². The normalized spacial score (nSPS) is 16.0. The predicted octanol–water partition coefficient (Wildman–Crippen LogP) is 3.98. The van der Waals surface area contributed by atoms with Crippen molar-refractivity contribution in [2.75, 3.05) is 39.9 Å². The smallest absolute Gasteiger partial charge is 0.404 e. The fourth-order valence-corrected chi connectivity index (χ4v) is 4.65. The molecule has 3 amide bonds. The number of carboxylic acid groups (broad SMARTS) is 1. The largest absolute Gasteiger partial charge is 0.465 e. The summed E-state index contributed by atoms with van der Waals surface area (Å²) in [4.78, 5) is 25.3. The second-order valence-corrected chi connectivity index (χ2v) is 9.52. The van der Waals surface area contributed by atoms with Crippen molar-refractivity contribution in [1.29, 1.82) is 0 Å². The number of amides is 3. The lowest BCUT2D eigenvalue weighted by molar-refractivity contribution is 0.0583. The van der Waals surface area contributed by atoms with Gasteiger partial charge in [-0.25, -0.2) is 15.1 Å². The van der Waals surface area contributed by atoms with Gasteiger partial charge in [0, 0.05) is 51.0 Å². The molecule has 2 atom stereocenters. The molecule has 1 saturated heterocycles. The Morgan fingerprint density at radius 1 is 1.26 bits per heavy atom. The van der Waals surface area contributed by atoms with Crippen molar-refractivity contribution < 1.29 is 24.6 Å². The molecule has 2 rings (SSSR count). The lowest BCUT2D eigenvalue weighted by Gasteiger charge is -2.29. The number of carbonyl (C=O) groups is 2. The van der Waals surface area contributed by atoms with Gasteiger partial charge < -0.3 is 30.6 Å². The molecule has 34 heavy (non-hydrogen) atoms. The lowest BCUT2D eigenvalue weighted by Crippen LogP contribution is -2.48. The van der Waals surface area contributed by atoms with Crippen LogP contribution in [0.1, 0.15) is 55.6 Å². The van der Waals surface area contributed by atoms with Crippen LogP contribution in [0.4, 0.5) is 9.59 Å². The van der Waals surface area contributed by atoms with Crippen molar-refractivity contribution in [3.63, 3.8) is 0 Å². The van der Waals surface area contributed by atoms with Crippen molar-refractivity contribution in [3.05, 3.63) is 34.3 Å². The maximum atomic E-state index is 12.9. The SMILES string of the molecule is Cc1ccc(Cl)cc1C(CCCNC(=O)O)CCN(C)C(=O)NC(CNO)CC1CCOCC1. The maximum absolute atomic E-state index is 12.9. The summed E-state index contributed by atoms with van der Waals surface area (Å²) in [5.41, 5.74) is 4.44.